The fourth-order valence-corrected chi connectivity index (χ4v) is 1.78. The maximum absolute atomic E-state index is 11.2. The lowest BCUT2D eigenvalue weighted by Crippen LogP contribution is -2.23. The Balaban J connectivity index is 2.13. The Morgan fingerprint density at radius 2 is 2.62 bits per heavy atom. The van der Waals surface area contributed by atoms with E-state index >= 15 is 0 Å². The molecule has 0 amide bonds. The quantitative estimate of drug-likeness (QED) is 0.647. The van der Waals surface area contributed by atoms with E-state index in [0.29, 0.717) is 0 Å². The first-order chi connectivity index (χ1) is 6.31. The van der Waals surface area contributed by atoms with Crippen LogP contribution in [0.3, 0.4) is 0 Å². The predicted molar refractivity (Wildman–Crippen MR) is 46.1 cm³/mol. The first-order valence-electron chi connectivity index (χ1n) is 4.40. The molecule has 0 spiro atoms. The second kappa shape index (κ2) is 3.20. The molecule has 4 heteroatoms. The average molecular weight is 180 g/mol. The van der Waals surface area contributed by atoms with Gasteiger partial charge in [0.1, 0.15) is 0 Å². The molecule has 1 aromatic heterocycles. The molecule has 4 nitrogen and oxygen atoms in total. The highest BCUT2D eigenvalue weighted by atomic mass is 16.5. The van der Waals surface area contributed by atoms with Crippen LogP contribution in [-0.2, 0) is 22.4 Å². The monoisotopic (exact) mass is 180 g/mol. The molecule has 2 rings (SSSR count). The van der Waals surface area contributed by atoms with E-state index in [1.807, 2.05) is 6.20 Å². The summed E-state index contributed by atoms with van der Waals surface area (Å²) in [6.07, 6.45) is 4.37. The smallest absolute Gasteiger partial charge is 0.309 e. The van der Waals surface area contributed by atoms with Gasteiger partial charge in [-0.25, -0.2) is 0 Å². The van der Waals surface area contributed by atoms with E-state index in [-0.39, 0.29) is 11.9 Å². The van der Waals surface area contributed by atoms with Crippen LogP contribution in [0.5, 0.6) is 0 Å². The number of aromatic amines is 1. The van der Waals surface area contributed by atoms with Crippen molar-refractivity contribution in [1.82, 2.24) is 10.2 Å². The Kier molecular flexibility index (Phi) is 2.04. The van der Waals surface area contributed by atoms with Crippen molar-refractivity contribution in [3.05, 3.63) is 17.5 Å². The molecule has 1 atom stereocenters. The molecule has 0 saturated heterocycles. The third-order valence-corrected chi connectivity index (χ3v) is 2.55. The standard InChI is InChI=1S/C9H12N2O2/c1-13-9(12)6-2-3-7-5-10-11-8(7)4-6/h5-6H,2-4H2,1H3,(H,10,11)/t6-/m1/s1. The first kappa shape index (κ1) is 8.29. The van der Waals surface area contributed by atoms with Crippen LogP contribution in [0.1, 0.15) is 17.7 Å². The van der Waals surface area contributed by atoms with E-state index < -0.39 is 0 Å². The van der Waals surface area contributed by atoms with Crippen molar-refractivity contribution in [3.63, 3.8) is 0 Å². The second-order valence-electron chi connectivity index (χ2n) is 3.34. The van der Waals surface area contributed by atoms with Gasteiger partial charge in [-0.3, -0.25) is 9.89 Å². The van der Waals surface area contributed by atoms with Gasteiger partial charge >= 0.3 is 5.97 Å². The fourth-order valence-electron chi connectivity index (χ4n) is 1.78. The Morgan fingerprint density at radius 1 is 1.77 bits per heavy atom. The van der Waals surface area contributed by atoms with Gasteiger partial charge in [0.05, 0.1) is 19.2 Å². The van der Waals surface area contributed by atoms with Crippen LogP contribution >= 0.6 is 0 Å². The van der Waals surface area contributed by atoms with E-state index in [2.05, 4.69) is 10.2 Å². The van der Waals surface area contributed by atoms with Gasteiger partial charge in [-0.2, -0.15) is 5.10 Å². The highest BCUT2D eigenvalue weighted by Gasteiger charge is 2.26. The number of H-pyrrole nitrogens is 1. The van der Waals surface area contributed by atoms with Gasteiger partial charge in [0.25, 0.3) is 0 Å². The molecule has 0 fully saturated rings. The van der Waals surface area contributed by atoms with Crippen molar-refractivity contribution in [1.29, 1.82) is 0 Å². The molecule has 0 radical (unpaired) electrons. The number of carbonyl (C=O) groups excluding carboxylic acids is 1. The maximum Gasteiger partial charge on any atom is 0.309 e. The van der Waals surface area contributed by atoms with Gasteiger partial charge in [-0.15, -0.1) is 0 Å². The fraction of sp³-hybridized carbons (Fsp3) is 0.556. The number of nitrogens with zero attached hydrogens (tertiary/aromatic N) is 1. The Hall–Kier alpha value is -1.32. The average Bonchev–Trinajstić information content (AvgIpc) is 2.63. The molecular weight excluding hydrogens is 168 g/mol. The lowest BCUT2D eigenvalue weighted by Gasteiger charge is -2.18. The largest absolute Gasteiger partial charge is 0.469 e. The zero-order valence-electron chi connectivity index (χ0n) is 7.54. The highest BCUT2D eigenvalue weighted by Crippen LogP contribution is 2.24. The third kappa shape index (κ3) is 1.43. The molecule has 13 heavy (non-hydrogen) atoms. The van der Waals surface area contributed by atoms with Crippen molar-refractivity contribution in [2.75, 3.05) is 7.11 Å². The van der Waals surface area contributed by atoms with E-state index in [4.69, 9.17) is 4.74 Å². The molecule has 0 aromatic carbocycles. The normalized spacial score (nSPS) is 20.8. The number of hydrogen-bond acceptors (Lipinski definition) is 3. The van der Waals surface area contributed by atoms with Gasteiger partial charge in [0, 0.05) is 12.1 Å². The summed E-state index contributed by atoms with van der Waals surface area (Å²) in [5.41, 5.74) is 2.32. The number of esters is 1. The third-order valence-electron chi connectivity index (χ3n) is 2.55. The lowest BCUT2D eigenvalue weighted by atomic mass is 9.88. The minimum atomic E-state index is -0.111. The van der Waals surface area contributed by atoms with Crippen molar-refractivity contribution in [3.8, 4) is 0 Å². The van der Waals surface area contributed by atoms with E-state index in [1.54, 1.807) is 0 Å². The van der Waals surface area contributed by atoms with Gasteiger partial charge in [-0.1, -0.05) is 0 Å². The van der Waals surface area contributed by atoms with Gasteiger partial charge in [0.2, 0.25) is 0 Å². The predicted octanol–water partition coefficient (Wildman–Crippen LogP) is 0.688. The summed E-state index contributed by atoms with van der Waals surface area (Å²) in [4.78, 5) is 11.2. The lowest BCUT2D eigenvalue weighted by molar-refractivity contribution is -0.145. The minimum Gasteiger partial charge on any atom is -0.469 e. The van der Waals surface area contributed by atoms with Crippen LogP contribution < -0.4 is 0 Å². The number of hydrogen-bond donors (Lipinski definition) is 1. The summed E-state index contributed by atoms with van der Waals surface area (Å²) in [6.45, 7) is 0. The van der Waals surface area contributed by atoms with Crippen LogP contribution in [-0.4, -0.2) is 23.3 Å². The molecule has 70 valence electrons. The van der Waals surface area contributed by atoms with Crippen LogP contribution in [0.4, 0.5) is 0 Å². The second-order valence-corrected chi connectivity index (χ2v) is 3.34. The number of rotatable bonds is 1. The molecule has 1 aromatic rings. The summed E-state index contributed by atoms with van der Waals surface area (Å²) >= 11 is 0. The van der Waals surface area contributed by atoms with Gasteiger partial charge < -0.3 is 4.74 Å². The number of fused-ring (bicyclic) bond motifs is 1. The maximum atomic E-state index is 11.2. The van der Waals surface area contributed by atoms with E-state index in [9.17, 15) is 4.79 Å². The zero-order chi connectivity index (χ0) is 9.26. The first-order valence-corrected chi connectivity index (χ1v) is 4.40. The summed E-state index contributed by atoms with van der Waals surface area (Å²) in [5, 5.41) is 6.86. The van der Waals surface area contributed by atoms with Crippen LogP contribution in [0.2, 0.25) is 0 Å². The Bertz CT molecular complexity index is 319. The van der Waals surface area contributed by atoms with E-state index in [1.165, 1.54) is 12.7 Å². The van der Waals surface area contributed by atoms with Crippen LogP contribution in [0.15, 0.2) is 6.20 Å². The number of aromatic nitrogens is 2. The van der Waals surface area contributed by atoms with Gasteiger partial charge in [-0.05, 0) is 18.4 Å². The van der Waals surface area contributed by atoms with Crippen molar-refractivity contribution < 1.29 is 9.53 Å². The number of carbonyl (C=O) groups is 1. The molecule has 1 heterocycles. The number of methoxy groups -OCH3 is 1. The molecule has 1 N–H and O–H groups in total. The number of nitrogens with one attached hydrogen (secondary N) is 1. The number of aryl methyl sites for hydroxylation is 1. The topological polar surface area (TPSA) is 55.0 Å². The summed E-state index contributed by atoms with van der Waals surface area (Å²) in [7, 11) is 1.44. The van der Waals surface area contributed by atoms with Crippen molar-refractivity contribution in [2.45, 2.75) is 19.3 Å². The molecule has 0 aliphatic heterocycles. The molecule has 1 aliphatic carbocycles. The Morgan fingerprint density at radius 3 is 3.38 bits per heavy atom. The molecule has 0 unspecified atom stereocenters. The van der Waals surface area contributed by atoms with Crippen LogP contribution in [0, 0.1) is 5.92 Å². The highest BCUT2D eigenvalue weighted by molar-refractivity contribution is 5.73. The van der Waals surface area contributed by atoms with Gasteiger partial charge in [0.15, 0.2) is 0 Å². The van der Waals surface area contributed by atoms with Crippen LogP contribution in [0.25, 0.3) is 0 Å². The Labute approximate surface area is 76.3 Å². The van der Waals surface area contributed by atoms with E-state index in [0.717, 1.165) is 25.0 Å². The zero-order valence-corrected chi connectivity index (χ0v) is 7.54. The molecular formula is C9H12N2O2. The molecule has 1 aliphatic rings. The summed E-state index contributed by atoms with van der Waals surface area (Å²) in [5.74, 6) is -0.0989. The van der Waals surface area contributed by atoms with Crippen molar-refractivity contribution in [2.24, 2.45) is 5.92 Å². The molecule has 0 bridgehead atoms. The van der Waals surface area contributed by atoms with Crippen molar-refractivity contribution >= 4 is 5.97 Å². The SMILES string of the molecule is COC(=O)[C@@H]1CCc2cn[nH]c2C1. The minimum absolute atomic E-state index is 0.0120. The summed E-state index contributed by atoms with van der Waals surface area (Å²) in [6, 6.07) is 0. The number of ether oxygens (including phenoxy) is 1. The summed E-state index contributed by atoms with van der Waals surface area (Å²) < 4.78 is 4.71. The molecule has 0 saturated carbocycles.